The van der Waals surface area contributed by atoms with Gasteiger partial charge >= 0.3 is 5.97 Å². The third kappa shape index (κ3) is 2.25. The highest BCUT2D eigenvalue weighted by molar-refractivity contribution is 6.30. The van der Waals surface area contributed by atoms with Gasteiger partial charge in [-0.05, 0) is 30.7 Å². The quantitative estimate of drug-likeness (QED) is 0.775. The van der Waals surface area contributed by atoms with Gasteiger partial charge in [0.25, 0.3) is 0 Å². The van der Waals surface area contributed by atoms with Gasteiger partial charge in [0, 0.05) is 17.4 Å². The molecule has 0 amide bonds. The van der Waals surface area contributed by atoms with E-state index in [0.29, 0.717) is 10.8 Å². The summed E-state index contributed by atoms with van der Waals surface area (Å²) in [6.45, 7) is 2.04. The van der Waals surface area contributed by atoms with E-state index in [0.717, 1.165) is 12.8 Å². The molecular formula is C13H15ClO3. The summed E-state index contributed by atoms with van der Waals surface area (Å²) >= 11 is 5.80. The van der Waals surface area contributed by atoms with Crippen LogP contribution in [0.5, 0.6) is 5.75 Å². The number of methoxy groups -OCH3 is 1. The molecule has 0 unspecified atom stereocenters. The van der Waals surface area contributed by atoms with Crippen LogP contribution >= 0.6 is 11.6 Å². The Kier molecular flexibility index (Phi) is 3.29. The van der Waals surface area contributed by atoms with Crippen molar-refractivity contribution in [3.63, 3.8) is 0 Å². The van der Waals surface area contributed by atoms with Gasteiger partial charge in [-0.15, -0.1) is 0 Å². The summed E-state index contributed by atoms with van der Waals surface area (Å²) in [6.07, 6.45) is 1.63. The van der Waals surface area contributed by atoms with E-state index in [1.54, 1.807) is 24.3 Å². The highest BCUT2D eigenvalue weighted by Crippen LogP contribution is 2.49. The average molecular weight is 255 g/mol. The fraction of sp³-hybridized carbons (Fsp3) is 0.462. The van der Waals surface area contributed by atoms with Crippen LogP contribution in [0.15, 0.2) is 24.3 Å². The molecule has 2 atom stereocenters. The lowest BCUT2D eigenvalue weighted by Crippen LogP contribution is -2.33. The number of benzene rings is 1. The molecule has 17 heavy (non-hydrogen) atoms. The molecule has 0 aliphatic heterocycles. The second-order valence-electron chi connectivity index (χ2n) is 4.25. The van der Waals surface area contributed by atoms with Crippen LogP contribution in [0.4, 0.5) is 0 Å². The van der Waals surface area contributed by atoms with E-state index in [2.05, 4.69) is 0 Å². The molecule has 0 spiro atoms. The summed E-state index contributed by atoms with van der Waals surface area (Å²) in [4.78, 5) is 11.8. The highest BCUT2D eigenvalue weighted by Gasteiger charge is 2.63. The second-order valence-corrected chi connectivity index (χ2v) is 4.68. The molecule has 1 aliphatic rings. The number of hydrogen-bond donors (Lipinski definition) is 0. The smallest absolute Gasteiger partial charge is 0.350 e. The van der Waals surface area contributed by atoms with Crippen LogP contribution in [0.25, 0.3) is 0 Å². The first-order chi connectivity index (χ1) is 8.12. The number of rotatable bonds is 4. The van der Waals surface area contributed by atoms with Crippen LogP contribution in [0.3, 0.4) is 0 Å². The van der Waals surface area contributed by atoms with Crippen molar-refractivity contribution in [3.8, 4) is 5.75 Å². The van der Waals surface area contributed by atoms with Crippen LogP contribution < -0.4 is 4.74 Å². The lowest BCUT2D eigenvalue weighted by molar-refractivity contribution is -0.152. The van der Waals surface area contributed by atoms with Gasteiger partial charge in [0.1, 0.15) is 5.75 Å². The third-order valence-electron chi connectivity index (χ3n) is 3.19. The molecule has 92 valence electrons. The van der Waals surface area contributed by atoms with Gasteiger partial charge in [-0.2, -0.15) is 0 Å². The Morgan fingerprint density at radius 3 is 2.59 bits per heavy atom. The number of hydrogen-bond acceptors (Lipinski definition) is 3. The van der Waals surface area contributed by atoms with Crippen molar-refractivity contribution in [3.05, 3.63) is 29.3 Å². The molecule has 2 rings (SSSR count). The van der Waals surface area contributed by atoms with Crippen molar-refractivity contribution in [2.45, 2.75) is 25.4 Å². The summed E-state index contributed by atoms with van der Waals surface area (Å²) in [5.41, 5.74) is -0.780. The summed E-state index contributed by atoms with van der Waals surface area (Å²) < 4.78 is 10.6. The molecule has 3 nitrogen and oxygen atoms in total. The lowest BCUT2D eigenvalue weighted by atomic mass is 10.2. The van der Waals surface area contributed by atoms with Crippen LogP contribution in [-0.2, 0) is 9.53 Å². The molecule has 0 bridgehead atoms. The van der Waals surface area contributed by atoms with E-state index in [4.69, 9.17) is 21.1 Å². The Labute approximate surface area is 106 Å². The maximum Gasteiger partial charge on any atom is 0.350 e. The minimum Gasteiger partial charge on any atom is -0.475 e. The number of carbonyl (C=O) groups excluding carboxylic acids is 1. The molecule has 1 aromatic rings. The zero-order valence-electron chi connectivity index (χ0n) is 9.90. The van der Waals surface area contributed by atoms with Crippen molar-refractivity contribution >= 4 is 17.6 Å². The third-order valence-corrected chi connectivity index (χ3v) is 3.44. The maximum absolute atomic E-state index is 11.8. The zero-order chi connectivity index (χ0) is 12.5. The second kappa shape index (κ2) is 4.57. The fourth-order valence-electron chi connectivity index (χ4n) is 2.08. The van der Waals surface area contributed by atoms with Gasteiger partial charge in [-0.25, -0.2) is 4.79 Å². The topological polar surface area (TPSA) is 35.5 Å². The minimum atomic E-state index is -0.780. The fourth-order valence-corrected chi connectivity index (χ4v) is 2.21. The first-order valence-electron chi connectivity index (χ1n) is 5.65. The lowest BCUT2D eigenvalue weighted by Gasteiger charge is -2.17. The molecule has 0 radical (unpaired) electrons. The van der Waals surface area contributed by atoms with Gasteiger partial charge in [-0.3, -0.25) is 0 Å². The van der Waals surface area contributed by atoms with Gasteiger partial charge in [0.15, 0.2) is 0 Å². The van der Waals surface area contributed by atoms with E-state index >= 15 is 0 Å². The number of esters is 1. The van der Waals surface area contributed by atoms with Gasteiger partial charge < -0.3 is 9.47 Å². The average Bonchev–Trinajstić information content (AvgIpc) is 3.06. The molecule has 0 heterocycles. The van der Waals surface area contributed by atoms with Gasteiger partial charge in [0.2, 0.25) is 5.60 Å². The summed E-state index contributed by atoms with van der Waals surface area (Å²) in [5, 5.41) is 0.646. The Bertz CT molecular complexity index is 415. The van der Waals surface area contributed by atoms with E-state index in [1.807, 2.05) is 6.92 Å². The molecule has 4 heteroatoms. The van der Waals surface area contributed by atoms with E-state index in [9.17, 15) is 4.79 Å². The predicted molar refractivity (Wildman–Crippen MR) is 65.2 cm³/mol. The van der Waals surface area contributed by atoms with Crippen LogP contribution in [0, 0.1) is 5.92 Å². The Balaban J connectivity index is 2.15. The summed E-state index contributed by atoms with van der Waals surface area (Å²) in [5.74, 6) is 0.598. The SMILES string of the molecule is CC[C@@H]1C[C@@]1(Oc1ccc(Cl)cc1)C(=O)OC. The molecule has 1 aromatic carbocycles. The normalized spacial score (nSPS) is 26.4. The van der Waals surface area contributed by atoms with Crippen molar-refractivity contribution in [1.29, 1.82) is 0 Å². The molecular weight excluding hydrogens is 240 g/mol. The predicted octanol–water partition coefficient (Wildman–Crippen LogP) is 3.06. The van der Waals surface area contributed by atoms with Crippen molar-refractivity contribution < 1.29 is 14.3 Å². The molecule has 0 aromatic heterocycles. The monoisotopic (exact) mass is 254 g/mol. The Morgan fingerprint density at radius 1 is 1.47 bits per heavy atom. The molecule has 0 N–H and O–H groups in total. The zero-order valence-corrected chi connectivity index (χ0v) is 10.7. The summed E-state index contributed by atoms with van der Waals surface area (Å²) in [7, 11) is 1.39. The van der Waals surface area contributed by atoms with Crippen molar-refractivity contribution in [1.82, 2.24) is 0 Å². The van der Waals surface area contributed by atoms with Crippen LogP contribution in [0.1, 0.15) is 19.8 Å². The maximum atomic E-state index is 11.8. The molecule has 1 fully saturated rings. The molecule has 1 saturated carbocycles. The first-order valence-corrected chi connectivity index (χ1v) is 6.03. The summed E-state index contributed by atoms with van der Waals surface area (Å²) in [6, 6.07) is 7.01. The van der Waals surface area contributed by atoms with Crippen LogP contribution in [-0.4, -0.2) is 18.7 Å². The van der Waals surface area contributed by atoms with Crippen molar-refractivity contribution in [2.75, 3.05) is 7.11 Å². The number of carbonyl (C=O) groups is 1. The Morgan fingerprint density at radius 2 is 2.12 bits per heavy atom. The van der Waals surface area contributed by atoms with Crippen LogP contribution in [0.2, 0.25) is 5.02 Å². The number of halogens is 1. The number of ether oxygens (including phenoxy) is 2. The minimum absolute atomic E-state index is 0.241. The highest BCUT2D eigenvalue weighted by atomic mass is 35.5. The van der Waals surface area contributed by atoms with Gasteiger partial charge in [-0.1, -0.05) is 18.5 Å². The Hall–Kier alpha value is -1.22. The van der Waals surface area contributed by atoms with E-state index in [-0.39, 0.29) is 11.9 Å². The largest absolute Gasteiger partial charge is 0.475 e. The van der Waals surface area contributed by atoms with Gasteiger partial charge in [0.05, 0.1) is 7.11 Å². The van der Waals surface area contributed by atoms with Crippen molar-refractivity contribution in [2.24, 2.45) is 5.92 Å². The standard InChI is InChI=1S/C13H15ClO3/c1-3-9-8-13(9,12(15)16-2)17-11-6-4-10(14)5-7-11/h4-7,9H,3,8H2,1-2H3/t9-,13+/m1/s1. The van der Waals surface area contributed by atoms with E-state index < -0.39 is 5.60 Å². The molecule has 1 aliphatic carbocycles. The van der Waals surface area contributed by atoms with E-state index in [1.165, 1.54) is 7.11 Å². The first kappa shape index (κ1) is 12.2. The molecule has 0 saturated heterocycles.